The zero-order valence-electron chi connectivity index (χ0n) is 31.2. The average molecular weight is 850 g/mol. The van der Waals surface area contributed by atoms with Gasteiger partial charge in [-0.2, -0.15) is 18.2 Å². The Kier molecular flexibility index (Phi) is 9.86. The van der Waals surface area contributed by atoms with Gasteiger partial charge in [0.25, 0.3) is 17.9 Å². The van der Waals surface area contributed by atoms with Crippen molar-refractivity contribution < 1.29 is 44.3 Å². The molecule has 3 aromatic heterocycles. The Morgan fingerprint density at radius 3 is 2.32 bits per heavy atom. The molecule has 3 atom stereocenters. The lowest BCUT2D eigenvalue weighted by Crippen LogP contribution is -2.40. The molecule has 4 heterocycles. The molecule has 0 spiro atoms. The number of aromatic nitrogens is 5. The van der Waals surface area contributed by atoms with Crippen LogP contribution < -0.4 is 10.9 Å². The highest BCUT2D eigenvalue weighted by Crippen LogP contribution is 2.68. The topological polar surface area (TPSA) is 141 Å². The number of nitrogens with zero attached hydrogens (tertiary/aromatic N) is 6. The number of carbonyl (C=O) groups excluding carboxylic acids is 1. The second-order valence-corrected chi connectivity index (χ2v) is 16.8. The molecule has 19 heteroatoms. The summed E-state index contributed by atoms with van der Waals surface area (Å²) in [7, 11) is -3.97. The van der Waals surface area contributed by atoms with Crippen LogP contribution in [0.5, 0.6) is 0 Å². The summed E-state index contributed by atoms with van der Waals surface area (Å²) in [6, 6.07) is 14.8. The van der Waals surface area contributed by atoms with Crippen molar-refractivity contribution in [2.24, 2.45) is 5.92 Å². The average Bonchev–Trinajstić information content (AvgIpc) is 3.89. The highest BCUT2D eigenvalue weighted by molar-refractivity contribution is 7.89. The third-order valence-electron chi connectivity index (χ3n) is 11.1. The Hall–Kier alpha value is -5.92. The zero-order chi connectivity index (χ0) is 42.1. The Bertz CT molecular complexity index is 2810. The molecule has 6 aromatic rings. The number of nitrogens with one attached hydrogen (secondary N) is 1. The summed E-state index contributed by atoms with van der Waals surface area (Å²) < 4.78 is 123. The summed E-state index contributed by atoms with van der Waals surface area (Å²) in [6.07, 6.45) is -0.441. The molecule has 9 rings (SSSR count). The normalized spacial score (nSPS) is 19.0. The van der Waals surface area contributed by atoms with Crippen molar-refractivity contribution >= 4 is 26.8 Å². The molecule has 1 saturated heterocycles. The first-order chi connectivity index (χ1) is 28.7. The minimum Gasteiger partial charge on any atom is -0.379 e. The van der Waals surface area contributed by atoms with Crippen LogP contribution in [-0.4, -0.2) is 69.2 Å². The highest BCUT2D eigenvalue weighted by Gasteiger charge is 2.67. The summed E-state index contributed by atoms with van der Waals surface area (Å²) in [4.78, 5) is 37.4. The predicted molar refractivity (Wildman–Crippen MR) is 203 cm³/mol. The van der Waals surface area contributed by atoms with Crippen molar-refractivity contribution in [2.75, 3.05) is 26.3 Å². The number of hydrogen-bond acceptors (Lipinski definition) is 8. The molecule has 1 amide bonds. The lowest BCUT2D eigenvalue weighted by molar-refractivity contribution is -0.123. The number of amides is 1. The largest absolute Gasteiger partial charge is 0.379 e. The summed E-state index contributed by atoms with van der Waals surface area (Å²) in [5.41, 5.74) is -0.946. The van der Waals surface area contributed by atoms with Gasteiger partial charge in [0.05, 0.1) is 40.7 Å². The van der Waals surface area contributed by atoms with Crippen LogP contribution in [0.2, 0.25) is 0 Å². The maximum Gasteiger partial charge on any atom is 0.293 e. The van der Waals surface area contributed by atoms with E-state index in [0.717, 1.165) is 22.3 Å². The number of morpholine rings is 1. The molecule has 0 radical (unpaired) electrons. The van der Waals surface area contributed by atoms with Crippen LogP contribution in [-0.2, 0) is 38.4 Å². The van der Waals surface area contributed by atoms with Crippen LogP contribution in [0.3, 0.4) is 0 Å². The second kappa shape index (κ2) is 15.0. The molecule has 0 bridgehead atoms. The first-order valence-electron chi connectivity index (χ1n) is 18.9. The fourth-order valence-corrected chi connectivity index (χ4v) is 9.65. The van der Waals surface area contributed by atoms with Gasteiger partial charge in [0.1, 0.15) is 35.4 Å². The van der Waals surface area contributed by atoms with Crippen molar-refractivity contribution in [2.45, 2.75) is 48.6 Å². The van der Waals surface area contributed by atoms with E-state index in [0.29, 0.717) is 16.3 Å². The first-order valence-corrected chi connectivity index (χ1v) is 20.3. The minimum absolute atomic E-state index is 0.00257. The van der Waals surface area contributed by atoms with Crippen LogP contribution in [0.15, 0.2) is 94.9 Å². The van der Waals surface area contributed by atoms with Gasteiger partial charge in [-0.25, -0.2) is 31.0 Å². The van der Waals surface area contributed by atoms with E-state index >= 15 is 8.78 Å². The number of benzene rings is 3. The van der Waals surface area contributed by atoms with Gasteiger partial charge >= 0.3 is 0 Å². The molecular formula is C41H33F6N7O5S. The lowest BCUT2D eigenvalue weighted by Gasteiger charge is -2.26. The van der Waals surface area contributed by atoms with Crippen molar-refractivity contribution in [3.63, 3.8) is 0 Å². The number of ether oxygens (including phenoxy) is 1. The molecule has 12 nitrogen and oxygen atoms in total. The number of sulfonamides is 1. The van der Waals surface area contributed by atoms with Crippen molar-refractivity contribution in [3.8, 4) is 16.8 Å². The zero-order valence-corrected chi connectivity index (χ0v) is 32.1. The lowest BCUT2D eigenvalue weighted by atomic mass is 10.0. The van der Waals surface area contributed by atoms with E-state index in [1.54, 1.807) is 36.7 Å². The van der Waals surface area contributed by atoms with E-state index in [1.807, 2.05) is 0 Å². The quantitative estimate of drug-likeness (QED) is 0.152. The molecule has 3 aliphatic rings. The van der Waals surface area contributed by atoms with E-state index in [9.17, 15) is 35.6 Å². The SMILES string of the molecule is O=C(Cn1nc(C(F)F)c2c1C(F)(F)[C@@H]1C[C@H]21)NC(Cc1cc(F)cc(F)c1)c1nc2cc(-c3ccncc3)ccc2c(=O)n1-c1ccc(S(=O)(=O)N2CCOCC2)cc1. The summed E-state index contributed by atoms with van der Waals surface area (Å²) in [5.74, 6) is -8.63. The van der Waals surface area contributed by atoms with Crippen molar-refractivity contribution in [1.82, 2.24) is 33.9 Å². The van der Waals surface area contributed by atoms with Crippen LogP contribution in [0.1, 0.15) is 53.1 Å². The Labute approximate surface area is 337 Å². The molecular weight excluding hydrogens is 817 g/mol. The van der Waals surface area contributed by atoms with E-state index < -0.39 is 87.7 Å². The van der Waals surface area contributed by atoms with Crippen molar-refractivity contribution in [1.29, 1.82) is 0 Å². The fraction of sp³-hybridized carbons (Fsp3) is 0.293. The molecule has 2 aliphatic carbocycles. The smallest absolute Gasteiger partial charge is 0.293 e. The molecule has 1 aliphatic heterocycles. The Morgan fingerprint density at radius 1 is 0.933 bits per heavy atom. The van der Waals surface area contributed by atoms with Gasteiger partial charge in [-0.3, -0.25) is 23.8 Å². The number of halogens is 6. The van der Waals surface area contributed by atoms with Crippen LogP contribution in [0.25, 0.3) is 27.7 Å². The molecule has 1 saturated carbocycles. The van der Waals surface area contributed by atoms with Crippen LogP contribution in [0, 0.1) is 17.6 Å². The summed E-state index contributed by atoms with van der Waals surface area (Å²) in [6.45, 7) is -0.255. The number of rotatable bonds is 11. The van der Waals surface area contributed by atoms with Gasteiger partial charge in [0, 0.05) is 49.5 Å². The first kappa shape index (κ1) is 39.5. The Morgan fingerprint density at radius 2 is 1.63 bits per heavy atom. The number of pyridine rings is 1. The fourth-order valence-electron chi connectivity index (χ4n) is 8.24. The maximum atomic E-state index is 15.4. The summed E-state index contributed by atoms with van der Waals surface area (Å²) in [5, 5.41) is 6.50. The minimum atomic E-state index is -3.97. The molecule has 60 heavy (non-hydrogen) atoms. The van der Waals surface area contributed by atoms with Gasteiger partial charge in [0.15, 0.2) is 0 Å². The standard InChI is InChI=1S/C41H33F6N7O5S/c42-25-15-22(16-26(43)19-25)17-33(49-34(55)21-53-37-35(36(51-53)38(44)45)30-20-31(30)41(37,46)47)39-50-32-18-24(23-7-9-48-10-8-23)1-6-29(32)40(56)54(39)27-2-4-28(5-3-27)60(57,58)52-11-13-59-14-12-52/h1-10,15-16,18-19,30-31,33,38H,11-14,17,20-21H2,(H,49,55)/t30-,31+,33?/m0/s1. The number of carbonyl (C=O) groups is 1. The van der Waals surface area contributed by atoms with Crippen LogP contribution in [0.4, 0.5) is 26.3 Å². The number of hydrogen-bond donors (Lipinski definition) is 1. The molecule has 2 fully saturated rings. The van der Waals surface area contributed by atoms with Crippen molar-refractivity contribution in [3.05, 3.63) is 136 Å². The summed E-state index contributed by atoms with van der Waals surface area (Å²) >= 11 is 0. The van der Waals surface area contributed by atoms with Gasteiger partial charge in [-0.15, -0.1) is 0 Å². The molecule has 1 N–H and O–H groups in total. The van der Waals surface area contributed by atoms with Gasteiger partial charge in [-0.05, 0) is 89.7 Å². The maximum absolute atomic E-state index is 15.4. The second-order valence-electron chi connectivity index (χ2n) is 14.9. The van der Waals surface area contributed by atoms with E-state index in [2.05, 4.69) is 15.4 Å². The van der Waals surface area contributed by atoms with E-state index in [-0.39, 0.29) is 71.2 Å². The number of fused-ring (bicyclic) bond motifs is 4. The molecule has 310 valence electrons. The van der Waals surface area contributed by atoms with E-state index in [1.165, 1.54) is 34.6 Å². The predicted octanol–water partition coefficient (Wildman–Crippen LogP) is 6.19. The molecule has 3 aromatic carbocycles. The van der Waals surface area contributed by atoms with E-state index in [4.69, 9.17) is 9.72 Å². The highest BCUT2D eigenvalue weighted by atomic mass is 32.2. The number of alkyl halides is 4. The van der Waals surface area contributed by atoms with Gasteiger partial charge in [-0.1, -0.05) is 6.07 Å². The Balaban J connectivity index is 1.17. The van der Waals surface area contributed by atoms with Gasteiger partial charge < -0.3 is 10.1 Å². The monoisotopic (exact) mass is 849 g/mol. The van der Waals surface area contributed by atoms with Gasteiger partial charge in [0.2, 0.25) is 15.9 Å². The third-order valence-corrected chi connectivity index (χ3v) is 13.0. The molecule has 1 unspecified atom stereocenters. The van der Waals surface area contributed by atoms with Crippen LogP contribution >= 0.6 is 0 Å². The third kappa shape index (κ3) is 7.02.